The van der Waals surface area contributed by atoms with Gasteiger partial charge in [-0.25, -0.2) is 9.37 Å². The Morgan fingerprint density at radius 3 is 2.30 bits per heavy atom. The second kappa shape index (κ2) is 13.2. The Morgan fingerprint density at radius 1 is 1.00 bits per heavy atom. The maximum atomic E-state index is 15.3. The van der Waals surface area contributed by atoms with Crippen molar-refractivity contribution in [2.75, 3.05) is 17.7 Å². The fraction of sp³-hybridized carbons (Fsp3) is 0.406. The van der Waals surface area contributed by atoms with Gasteiger partial charge in [0.05, 0.1) is 34.2 Å². The van der Waals surface area contributed by atoms with Crippen molar-refractivity contribution in [3.05, 3.63) is 83.0 Å². The zero-order valence-electron chi connectivity index (χ0n) is 24.1. The lowest BCUT2D eigenvalue weighted by atomic mass is 9.78. The van der Waals surface area contributed by atoms with Gasteiger partial charge in [0.1, 0.15) is 11.6 Å². The van der Waals surface area contributed by atoms with Crippen LogP contribution in [0.3, 0.4) is 0 Å². The van der Waals surface area contributed by atoms with Crippen LogP contribution in [0, 0.1) is 23.6 Å². The third-order valence-electron chi connectivity index (χ3n) is 8.41. The van der Waals surface area contributed by atoms with Crippen molar-refractivity contribution < 1.29 is 23.5 Å². The topological polar surface area (TPSA) is 122 Å². The first-order valence-corrected chi connectivity index (χ1v) is 14.8. The number of benzene rings is 1. The number of hydrogen-bond acceptors (Lipinski definition) is 6. The number of nitrogens with zero attached hydrogens (tertiary/aromatic N) is 2. The number of anilines is 2. The summed E-state index contributed by atoms with van der Waals surface area (Å²) in [6, 6.07) is 11.4. The van der Waals surface area contributed by atoms with Crippen molar-refractivity contribution in [2.45, 2.75) is 57.1 Å². The molecule has 11 heteroatoms. The van der Waals surface area contributed by atoms with E-state index >= 15 is 4.39 Å². The highest BCUT2D eigenvalue weighted by molar-refractivity contribution is 6.30. The van der Waals surface area contributed by atoms with Crippen LogP contribution in [-0.4, -0.2) is 40.9 Å². The van der Waals surface area contributed by atoms with Gasteiger partial charge in [0.2, 0.25) is 17.7 Å². The summed E-state index contributed by atoms with van der Waals surface area (Å²) in [7, 11) is 1.53. The molecule has 3 N–H and O–H groups in total. The van der Waals surface area contributed by atoms with E-state index in [0.717, 1.165) is 24.8 Å². The minimum absolute atomic E-state index is 0.0305. The number of hydrogen-bond donors (Lipinski definition) is 3. The molecule has 2 aliphatic carbocycles. The van der Waals surface area contributed by atoms with E-state index in [9.17, 15) is 14.4 Å². The van der Waals surface area contributed by atoms with E-state index < -0.39 is 29.1 Å². The molecule has 226 valence electrons. The third kappa shape index (κ3) is 7.19. The maximum Gasteiger partial charge on any atom is 0.229 e. The highest BCUT2D eigenvalue weighted by Crippen LogP contribution is 2.42. The Hall–Kier alpha value is -3.89. The number of carbonyl (C=O) groups is 3. The molecule has 3 aromatic rings. The molecule has 1 aromatic carbocycles. The molecule has 0 aliphatic heterocycles. The molecule has 0 bridgehead atoms. The molecule has 9 nitrogen and oxygen atoms in total. The summed E-state index contributed by atoms with van der Waals surface area (Å²) in [5, 5.41) is 9.06. The van der Waals surface area contributed by atoms with E-state index in [4.69, 9.17) is 16.3 Å². The number of amides is 3. The summed E-state index contributed by atoms with van der Waals surface area (Å²) in [4.78, 5) is 47.7. The van der Waals surface area contributed by atoms with Crippen LogP contribution in [0.2, 0.25) is 5.02 Å². The average molecular weight is 608 g/mol. The second-order valence-corrected chi connectivity index (χ2v) is 11.8. The number of methoxy groups -OCH3 is 1. The van der Waals surface area contributed by atoms with Gasteiger partial charge in [0, 0.05) is 32.6 Å². The second-order valence-electron chi connectivity index (χ2n) is 11.4. The largest absolute Gasteiger partial charge is 0.381 e. The van der Waals surface area contributed by atoms with Crippen molar-refractivity contribution in [2.24, 2.45) is 17.8 Å². The summed E-state index contributed by atoms with van der Waals surface area (Å²) in [5.74, 6) is -2.33. The summed E-state index contributed by atoms with van der Waals surface area (Å²) in [6.07, 6.45) is 8.80. The van der Waals surface area contributed by atoms with Gasteiger partial charge in [-0.1, -0.05) is 30.5 Å². The lowest BCUT2D eigenvalue weighted by Gasteiger charge is -2.36. The molecule has 2 aliphatic rings. The molecular weight excluding hydrogens is 573 g/mol. The molecule has 0 spiro atoms. The Bertz CT molecular complexity index is 1470. The van der Waals surface area contributed by atoms with Crippen LogP contribution in [0.4, 0.5) is 15.9 Å². The average Bonchev–Trinajstić information content (AvgIpc) is 3.73. The molecule has 2 heterocycles. The van der Waals surface area contributed by atoms with Crippen LogP contribution in [0.25, 0.3) is 0 Å². The van der Waals surface area contributed by atoms with Crippen LogP contribution in [0.5, 0.6) is 0 Å². The molecule has 0 saturated heterocycles. The summed E-state index contributed by atoms with van der Waals surface area (Å²) in [6.45, 7) is 1.45. The quantitative estimate of drug-likeness (QED) is 0.266. The van der Waals surface area contributed by atoms with Gasteiger partial charge in [-0.15, -0.1) is 0 Å². The number of rotatable bonds is 11. The molecule has 5 rings (SSSR count). The smallest absolute Gasteiger partial charge is 0.229 e. The predicted molar refractivity (Wildman–Crippen MR) is 161 cm³/mol. The molecule has 2 fully saturated rings. The van der Waals surface area contributed by atoms with E-state index in [1.807, 2.05) is 12.1 Å². The first-order valence-electron chi connectivity index (χ1n) is 14.4. The normalized spacial score (nSPS) is 21.1. The zero-order valence-corrected chi connectivity index (χ0v) is 24.9. The van der Waals surface area contributed by atoms with E-state index in [-0.39, 0.29) is 23.6 Å². The molecule has 2 saturated carbocycles. The number of nitrogens with one attached hydrogen (secondary N) is 3. The van der Waals surface area contributed by atoms with Crippen molar-refractivity contribution in [1.29, 1.82) is 0 Å². The number of ether oxygens (including phenoxy) is 1. The summed E-state index contributed by atoms with van der Waals surface area (Å²) < 4.78 is 20.8. The molecule has 2 unspecified atom stereocenters. The Morgan fingerprint density at radius 2 is 1.70 bits per heavy atom. The van der Waals surface area contributed by atoms with Crippen LogP contribution in [-0.2, 0) is 24.7 Å². The Kier molecular flexibility index (Phi) is 9.37. The Balaban J connectivity index is 1.42. The van der Waals surface area contributed by atoms with Gasteiger partial charge in [-0.05, 0) is 79.1 Å². The number of aromatic nitrogens is 2. The van der Waals surface area contributed by atoms with Gasteiger partial charge in [0.25, 0.3) is 0 Å². The number of pyridine rings is 2. The molecular formula is C32H35ClFN5O4. The first kappa shape index (κ1) is 30.6. The SMILES string of the molecule is CO[C@H]1CC(C(=O)Nc2ccc(Cl)cn2)[C@@H](C(=O)Nc2cc(C(CCC3CC3)(NC(C)=O)c3ccncc3)ccc2F)C1. The van der Waals surface area contributed by atoms with Crippen LogP contribution < -0.4 is 16.0 Å². The fourth-order valence-corrected chi connectivity index (χ4v) is 6.08. The van der Waals surface area contributed by atoms with Crippen LogP contribution in [0.1, 0.15) is 56.6 Å². The van der Waals surface area contributed by atoms with Gasteiger partial charge in [0.15, 0.2) is 0 Å². The molecule has 4 atom stereocenters. The molecule has 2 aromatic heterocycles. The predicted octanol–water partition coefficient (Wildman–Crippen LogP) is 5.46. The zero-order chi connectivity index (χ0) is 30.6. The van der Waals surface area contributed by atoms with Crippen LogP contribution in [0.15, 0.2) is 61.1 Å². The Labute approximate surface area is 255 Å². The minimum atomic E-state index is -0.951. The highest BCUT2D eigenvalue weighted by Gasteiger charge is 2.44. The lowest BCUT2D eigenvalue weighted by Crippen LogP contribution is -2.46. The highest BCUT2D eigenvalue weighted by atomic mass is 35.5. The monoisotopic (exact) mass is 607 g/mol. The molecule has 0 radical (unpaired) electrons. The van der Waals surface area contributed by atoms with E-state index in [0.29, 0.717) is 41.6 Å². The lowest BCUT2D eigenvalue weighted by molar-refractivity contribution is -0.128. The third-order valence-corrected chi connectivity index (χ3v) is 8.63. The van der Waals surface area contributed by atoms with Crippen molar-refractivity contribution in [1.82, 2.24) is 15.3 Å². The number of halogens is 2. The first-order chi connectivity index (χ1) is 20.7. The maximum absolute atomic E-state index is 15.3. The van der Waals surface area contributed by atoms with Crippen LogP contribution >= 0.6 is 11.6 Å². The summed E-state index contributed by atoms with van der Waals surface area (Å²) in [5.41, 5.74) is 0.466. The summed E-state index contributed by atoms with van der Waals surface area (Å²) >= 11 is 5.90. The van der Waals surface area contributed by atoms with Gasteiger partial charge >= 0.3 is 0 Å². The van der Waals surface area contributed by atoms with E-state index in [1.54, 1.807) is 36.7 Å². The number of carbonyl (C=O) groups excluding carboxylic acids is 3. The standard InChI is InChI=1S/C32H35ClFN5O4/c1-19(40)39-32(12-9-20-3-4-20,21-10-13-35-14-11-21)22-5-7-27(34)28(15-22)37-30(41)25-16-24(43-2)17-26(25)31(42)38-29-8-6-23(33)18-36-29/h5-8,10-11,13-15,18,20,24-26H,3-4,9,12,16-17H2,1-2H3,(H,37,41)(H,39,40)(H,36,38,42)/t24-,25+,26?,32?/m1/s1. The van der Waals surface area contributed by atoms with Crippen molar-refractivity contribution in [3.8, 4) is 0 Å². The minimum Gasteiger partial charge on any atom is -0.381 e. The van der Waals surface area contributed by atoms with E-state index in [1.165, 1.54) is 26.3 Å². The van der Waals surface area contributed by atoms with Gasteiger partial charge < -0.3 is 20.7 Å². The molecule has 43 heavy (non-hydrogen) atoms. The van der Waals surface area contributed by atoms with Gasteiger partial charge in [-0.2, -0.15) is 0 Å². The molecule has 3 amide bonds. The van der Waals surface area contributed by atoms with Gasteiger partial charge in [-0.3, -0.25) is 19.4 Å². The van der Waals surface area contributed by atoms with Crippen molar-refractivity contribution >= 4 is 40.8 Å². The van der Waals surface area contributed by atoms with Crippen molar-refractivity contribution in [3.63, 3.8) is 0 Å². The van der Waals surface area contributed by atoms with E-state index in [2.05, 4.69) is 25.9 Å². The fourth-order valence-electron chi connectivity index (χ4n) is 5.97.